The summed E-state index contributed by atoms with van der Waals surface area (Å²) >= 11 is 0. The van der Waals surface area contributed by atoms with Crippen molar-refractivity contribution in [2.45, 2.75) is 6.92 Å². The van der Waals surface area contributed by atoms with Crippen LogP contribution in [0.25, 0.3) is 5.69 Å². The zero-order chi connectivity index (χ0) is 19.3. The third kappa shape index (κ3) is 3.96. The smallest absolute Gasteiger partial charge is 0.255 e. The number of nitrogens with zero attached hydrogens (tertiary/aromatic N) is 1. The summed E-state index contributed by atoms with van der Waals surface area (Å²) in [4.78, 5) is 12.8. The van der Waals surface area contributed by atoms with Crippen LogP contribution >= 0.6 is 0 Å². The lowest BCUT2D eigenvalue weighted by atomic mass is 10.1. The maximum atomic E-state index is 12.8. The standard InChI is InChI=1S/C24H20N2O2/c1-18-12-13-22(28-21-10-3-2-4-11-21)17-23(18)25-24(27)19-8-7-9-20(16-19)26-14-5-6-15-26/h2-17H,1H3,(H,25,27). The van der Waals surface area contributed by atoms with E-state index in [0.29, 0.717) is 11.3 Å². The molecule has 0 unspecified atom stereocenters. The third-order valence-corrected chi connectivity index (χ3v) is 4.45. The van der Waals surface area contributed by atoms with E-state index in [1.165, 1.54) is 0 Å². The zero-order valence-electron chi connectivity index (χ0n) is 15.5. The number of rotatable bonds is 5. The van der Waals surface area contributed by atoms with Crippen molar-refractivity contribution in [1.29, 1.82) is 0 Å². The Hall–Kier alpha value is -3.79. The summed E-state index contributed by atoms with van der Waals surface area (Å²) in [6.45, 7) is 1.96. The largest absolute Gasteiger partial charge is 0.457 e. The number of nitrogens with one attached hydrogen (secondary N) is 1. The fourth-order valence-corrected chi connectivity index (χ4v) is 2.93. The Morgan fingerprint density at radius 1 is 0.821 bits per heavy atom. The molecule has 0 aliphatic heterocycles. The fraction of sp³-hybridized carbons (Fsp3) is 0.0417. The number of amides is 1. The molecule has 0 radical (unpaired) electrons. The Kier molecular flexibility index (Phi) is 4.93. The Bertz CT molecular complexity index is 1090. The second kappa shape index (κ2) is 7.84. The number of ether oxygens (including phenoxy) is 1. The minimum atomic E-state index is -0.158. The molecule has 0 aliphatic carbocycles. The monoisotopic (exact) mass is 368 g/mol. The van der Waals surface area contributed by atoms with Gasteiger partial charge in [0, 0.05) is 35.4 Å². The van der Waals surface area contributed by atoms with E-state index in [-0.39, 0.29) is 5.91 Å². The van der Waals surface area contributed by atoms with Crippen molar-refractivity contribution in [3.63, 3.8) is 0 Å². The molecular weight excluding hydrogens is 348 g/mol. The molecule has 1 N–H and O–H groups in total. The molecule has 1 heterocycles. The second-order valence-corrected chi connectivity index (χ2v) is 6.49. The van der Waals surface area contributed by atoms with E-state index in [9.17, 15) is 4.79 Å². The topological polar surface area (TPSA) is 43.3 Å². The number of hydrogen-bond donors (Lipinski definition) is 1. The van der Waals surface area contributed by atoms with E-state index < -0.39 is 0 Å². The van der Waals surface area contributed by atoms with Crippen LogP contribution in [0.5, 0.6) is 11.5 Å². The van der Waals surface area contributed by atoms with E-state index in [1.54, 1.807) is 0 Å². The molecule has 4 rings (SSSR count). The molecule has 4 aromatic rings. The molecule has 3 aromatic carbocycles. The summed E-state index contributed by atoms with van der Waals surface area (Å²) in [7, 11) is 0. The molecule has 0 saturated carbocycles. The minimum absolute atomic E-state index is 0.158. The highest BCUT2D eigenvalue weighted by atomic mass is 16.5. The number of benzene rings is 3. The summed E-state index contributed by atoms with van der Waals surface area (Å²) in [5, 5.41) is 3.00. The molecule has 0 saturated heterocycles. The Balaban J connectivity index is 1.54. The van der Waals surface area contributed by atoms with Gasteiger partial charge in [0.15, 0.2) is 0 Å². The molecule has 28 heavy (non-hydrogen) atoms. The van der Waals surface area contributed by atoms with Crippen LogP contribution in [0.2, 0.25) is 0 Å². The van der Waals surface area contributed by atoms with Gasteiger partial charge in [-0.15, -0.1) is 0 Å². The van der Waals surface area contributed by atoms with Gasteiger partial charge >= 0.3 is 0 Å². The SMILES string of the molecule is Cc1ccc(Oc2ccccc2)cc1NC(=O)c1cccc(-n2cccc2)c1. The average molecular weight is 368 g/mol. The molecule has 1 amide bonds. The van der Waals surface area contributed by atoms with Crippen molar-refractivity contribution >= 4 is 11.6 Å². The van der Waals surface area contributed by atoms with Crippen LogP contribution in [-0.4, -0.2) is 10.5 Å². The first-order valence-electron chi connectivity index (χ1n) is 9.07. The highest BCUT2D eigenvalue weighted by Gasteiger charge is 2.10. The molecule has 0 spiro atoms. The number of carbonyl (C=O) groups is 1. The molecule has 0 bridgehead atoms. The first kappa shape index (κ1) is 17.6. The van der Waals surface area contributed by atoms with Gasteiger partial charge in [0.2, 0.25) is 0 Å². The summed E-state index contributed by atoms with van der Waals surface area (Å²) in [6, 6.07) is 26.7. The van der Waals surface area contributed by atoms with Gasteiger partial charge in [0.1, 0.15) is 11.5 Å². The number of aryl methyl sites for hydroxylation is 1. The highest BCUT2D eigenvalue weighted by Crippen LogP contribution is 2.27. The maximum absolute atomic E-state index is 12.8. The summed E-state index contributed by atoms with van der Waals surface area (Å²) in [5.74, 6) is 1.27. The molecular formula is C24H20N2O2. The summed E-state index contributed by atoms with van der Waals surface area (Å²) in [6.07, 6.45) is 3.90. The van der Waals surface area contributed by atoms with Crippen LogP contribution in [0.1, 0.15) is 15.9 Å². The number of hydrogen-bond acceptors (Lipinski definition) is 2. The first-order valence-corrected chi connectivity index (χ1v) is 9.07. The van der Waals surface area contributed by atoms with E-state index in [0.717, 1.165) is 22.7 Å². The lowest BCUT2D eigenvalue weighted by molar-refractivity contribution is 0.102. The van der Waals surface area contributed by atoms with Crippen molar-refractivity contribution in [2.75, 3.05) is 5.32 Å². The summed E-state index contributed by atoms with van der Waals surface area (Å²) in [5.41, 5.74) is 3.23. The van der Waals surface area contributed by atoms with Crippen LogP contribution < -0.4 is 10.1 Å². The highest BCUT2D eigenvalue weighted by molar-refractivity contribution is 6.05. The predicted molar refractivity (Wildman–Crippen MR) is 111 cm³/mol. The van der Waals surface area contributed by atoms with Crippen molar-refractivity contribution < 1.29 is 9.53 Å². The van der Waals surface area contributed by atoms with Crippen LogP contribution in [-0.2, 0) is 0 Å². The maximum Gasteiger partial charge on any atom is 0.255 e. The van der Waals surface area contributed by atoms with Gasteiger partial charge in [-0.3, -0.25) is 4.79 Å². The fourth-order valence-electron chi connectivity index (χ4n) is 2.93. The van der Waals surface area contributed by atoms with Gasteiger partial charge in [-0.1, -0.05) is 30.3 Å². The third-order valence-electron chi connectivity index (χ3n) is 4.45. The lowest BCUT2D eigenvalue weighted by Crippen LogP contribution is -2.13. The van der Waals surface area contributed by atoms with Gasteiger partial charge in [-0.2, -0.15) is 0 Å². The van der Waals surface area contributed by atoms with E-state index in [4.69, 9.17) is 4.74 Å². The van der Waals surface area contributed by atoms with Crippen LogP contribution in [0.15, 0.2) is 97.3 Å². The van der Waals surface area contributed by atoms with E-state index in [1.807, 2.05) is 109 Å². The zero-order valence-corrected chi connectivity index (χ0v) is 15.5. The Labute approximate surface area is 164 Å². The second-order valence-electron chi connectivity index (χ2n) is 6.49. The van der Waals surface area contributed by atoms with E-state index >= 15 is 0 Å². The van der Waals surface area contributed by atoms with Crippen LogP contribution in [0, 0.1) is 6.92 Å². The molecule has 0 atom stereocenters. The molecule has 4 heteroatoms. The Morgan fingerprint density at radius 2 is 1.61 bits per heavy atom. The number of aromatic nitrogens is 1. The van der Waals surface area contributed by atoms with Gasteiger partial charge < -0.3 is 14.6 Å². The van der Waals surface area contributed by atoms with Gasteiger partial charge in [0.05, 0.1) is 0 Å². The summed E-state index contributed by atoms with van der Waals surface area (Å²) < 4.78 is 7.84. The molecule has 138 valence electrons. The van der Waals surface area contributed by atoms with Crippen molar-refractivity contribution in [3.05, 3.63) is 108 Å². The van der Waals surface area contributed by atoms with E-state index in [2.05, 4.69) is 5.32 Å². The minimum Gasteiger partial charge on any atom is -0.457 e. The normalized spacial score (nSPS) is 10.5. The molecule has 1 aromatic heterocycles. The van der Waals surface area contributed by atoms with Gasteiger partial charge in [0.25, 0.3) is 5.91 Å². The van der Waals surface area contributed by atoms with Crippen molar-refractivity contribution in [3.8, 4) is 17.2 Å². The van der Waals surface area contributed by atoms with Crippen molar-refractivity contribution in [1.82, 2.24) is 4.57 Å². The quantitative estimate of drug-likeness (QED) is 0.481. The molecule has 0 fully saturated rings. The van der Waals surface area contributed by atoms with Crippen molar-refractivity contribution in [2.24, 2.45) is 0 Å². The molecule has 4 nitrogen and oxygen atoms in total. The van der Waals surface area contributed by atoms with Gasteiger partial charge in [-0.05, 0) is 61.0 Å². The van der Waals surface area contributed by atoms with Crippen LogP contribution in [0.3, 0.4) is 0 Å². The number of para-hydroxylation sites is 1. The lowest BCUT2D eigenvalue weighted by Gasteiger charge is -2.12. The molecule has 0 aliphatic rings. The van der Waals surface area contributed by atoms with Crippen LogP contribution in [0.4, 0.5) is 5.69 Å². The average Bonchev–Trinajstić information content (AvgIpc) is 3.26. The number of carbonyl (C=O) groups excluding carboxylic acids is 1. The number of anilines is 1. The first-order chi connectivity index (χ1) is 13.7. The Morgan fingerprint density at radius 3 is 2.39 bits per heavy atom. The van der Waals surface area contributed by atoms with Gasteiger partial charge in [-0.25, -0.2) is 0 Å². The predicted octanol–water partition coefficient (Wildman–Crippen LogP) is 5.83.